The van der Waals surface area contributed by atoms with Gasteiger partial charge in [-0.2, -0.15) is 0 Å². The second kappa shape index (κ2) is 5.79. The van der Waals surface area contributed by atoms with Gasteiger partial charge in [0.15, 0.2) is 0 Å². The van der Waals surface area contributed by atoms with E-state index in [0.29, 0.717) is 4.31 Å². The lowest BCUT2D eigenvalue weighted by Gasteiger charge is -2.22. The summed E-state index contributed by atoms with van der Waals surface area (Å²) in [6.45, 7) is 7.04. The molecule has 0 spiro atoms. The Kier molecular flexibility index (Phi) is 4.47. The van der Waals surface area contributed by atoms with Gasteiger partial charge in [0.25, 0.3) is 5.91 Å². The first kappa shape index (κ1) is 17.7. The average Bonchev–Trinajstić information content (AvgIpc) is 2.57. The minimum absolute atomic E-state index is 0.0163. The van der Waals surface area contributed by atoms with E-state index in [1.54, 1.807) is 6.92 Å². The molecule has 1 aliphatic heterocycles. The average molecular weight is 359 g/mol. The van der Waals surface area contributed by atoms with Gasteiger partial charge in [0.1, 0.15) is 0 Å². The van der Waals surface area contributed by atoms with Crippen molar-refractivity contribution in [1.29, 1.82) is 0 Å². The minimum atomic E-state index is -3.77. The molecular weight excluding hydrogens is 340 g/mol. The van der Waals surface area contributed by atoms with Crippen molar-refractivity contribution in [3.8, 4) is 0 Å². The molecule has 1 aromatic carbocycles. The Morgan fingerprint density at radius 2 is 1.96 bits per heavy atom. The van der Waals surface area contributed by atoms with Crippen LogP contribution in [0.2, 0.25) is 5.02 Å². The number of nitrogens with one attached hydrogen (secondary N) is 1. The number of benzene rings is 1. The number of hydrogen-bond donors (Lipinski definition) is 1. The maximum Gasteiger partial charge on any atom is 0.251 e. The molecule has 1 unspecified atom stereocenters. The highest BCUT2D eigenvalue weighted by atomic mass is 35.5. The van der Waals surface area contributed by atoms with Gasteiger partial charge in [-0.1, -0.05) is 18.5 Å². The number of rotatable bonds is 2. The van der Waals surface area contributed by atoms with Gasteiger partial charge in [0, 0.05) is 11.1 Å². The highest BCUT2D eigenvalue weighted by molar-refractivity contribution is 7.94. The Balaban J connectivity index is 2.47. The SMILES string of the molecule is CC1CS(=O)(=O)N(c2cc(C(=O)NC(C)(C)C)ccc2Cl)C1=O. The molecule has 1 N–H and O–H groups in total. The molecule has 1 aliphatic rings. The van der Waals surface area contributed by atoms with Gasteiger partial charge in [0.05, 0.1) is 22.4 Å². The first-order chi connectivity index (χ1) is 10.4. The second-order valence-electron chi connectivity index (χ2n) is 6.65. The Labute approximate surface area is 140 Å². The zero-order chi connectivity index (χ0) is 17.6. The van der Waals surface area contributed by atoms with Crippen LogP contribution in [0.4, 0.5) is 5.69 Å². The molecule has 23 heavy (non-hydrogen) atoms. The number of carbonyl (C=O) groups is 2. The molecule has 1 saturated heterocycles. The summed E-state index contributed by atoms with van der Waals surface area (Å²) in [5.74, 6) is -1.81. The van der Waals surface area contributed by atoms with Crippen molar-refractivity contribution >= 4 is 39.1 Å². The minimum Gasteiger partial charge on any atom is -0.347 e. The Bertz CT molecular complexity index is 768. The fourth-order valence-corrected chi connectivity index (χ4v) is 4.37. The third kappa shape index (κ3) is 3.67. The molecule has 6 nitrogen and oxygen atoms in total. The predicted molar refractivity (Wildman–Crippen MR) is 89.1 cm³/mol. The Morgan fingerprint density at radius 1 is 1.35 bits per heavy atom. The lowest BCUT2D eigenvalue weighted by molar-refractivity contribution is -0.119. The van der Waals surface area contributed by atoms with Crippen LogP contribution >= 0.6 is 11.6 Å². The van der Waals surface area contributed by atoms with E-state index in [1.807, 2.05) is 20.8 Å². The van der Waals surface area contributed by atoms with Crippen molar-refractivity contribution in [2.45, 2.75) is 33.2 Å². The first-order valence-electron chi connectivity index (χ1n) is 7.11. The highest BCUT2D eigenvalue weighted by Gasteiger charge is 2.43. The molecule has 126 valence electrons. The topological polar surface area (TPSA) is 83.6 Å². The molecule has 2 amide bonds. The predicted octanol–water partition coefficient (Wildman–Crippen LogP) is 2.18. The maximum absolute atomic E-state index is 12.2. The van der Waals surface area contributed by atoms with E-state index in [4.69, 9.17) is 11.6 Å². The van der Waals surface area contributed by atoms with Crippen molar-refractivity contribution < 1.29 is 18.0 Å². The van der Waals surface area contributed by atoms with E-state index >= 15 is 0 Å². The van der Waals surface area contributed by atoms with Crippen LogP contribution in [0.3, 0.4) is 0 Å². The van der Waals surface area contributed by atoms with Gasteiger partial charge in [-0.3, -0.25) is 9.59 Å². The number of nitrogens with zero attached hydrogens (tertiary/aromatic N) is 1. The summed E-state index contributed by atoms with van der Waals surface area (Å²) < 4.78 is 25.1. The summed E-state index contributed by atoms with van der Waals surface area (Å²) in [5.41, 5.74) is -0.189. The second-order valence-corrected chi connectivity index (χ2v) is 8.92. The number of sulfonamides is 1. The van der Waals surface area contributed by atoms with E-state index in [0.717, 1.165) is 0 Å². The largest absolute Gasteiger partial charge is 0.347 e. The molecular formula is C15H19ClN2O4S. The van der Waals surface area contributed by atoms with E-state index < -0.39 is 27.4 Å². The van der Waals surface area contributed by atoms with Crippen LogP contribution in [0.15, 0.2) is 18.2 Å². The Morgan fingerprint density at radius 3 is 2.43 bits per heavy atom. The molecule has 0 saturated carbocycles. The zero-order valence-electron chi connectivity index (χ0n) is 13.4. The zero-order valence-corrected chi connectivity index (χ0v) is 15.0. The summed E-state index contributed by atoms with van der Waals surface area (Å²) in [5, 5.41) is 2.88. The van der Waals surface area contributed by atoms with Crippen LogP contribution in [0.1, 0.15) is 38.1 Å². The molecule has 1 fully saturated rings. The normalized spacial score (nSPS) is 20.7. The fraction of sp³-hybridized carbons (Fsp3) is 0.467. The maximum atomic E-state index is 12.2. The molecule has 1 aromatic rings. The lowest BCUT2D eigenvalue weighted by atomic mass is 10.1. The molecule has 8 heteroatoms. The quantitative estimate of drug-likeness (QED) is 0.878. The van der Waals surface area contributed by atoms with Crippen molar-refractivity contribution in [2.75, 3.05) is 10.1 Å². The third-order valence-electron chi connectivity index (χ3n) is 3.28. The molecule has 2 rings (SSSR count). The first-order valence-corrected chi connectivity index (χ1v) is 9.10. The standard InChI is InChI=1S/C15H19ClN2O4S/c1-9-8-23(21,22)18(14(9)20)12-7-10(5-6-11(12)16)13(19)17-15(2,3)4/h5-7,9H,8H2,1-4H3,(H,17,19). The third-order valence-corrected chi connectivity index (χ3v) is 5.45. The van der Waals surface area contributed by atoms with Crippen molar-refractivity contribution in [3.63, 3.8) is 0 Å². The number of halogens is 1. The van der Waals surface area contributed by atoms with E-state index in [2.05, 4.69) is 5.32 Å². The van der Waals surface area contributed by atoms with E-state index in [9.17, 15) is 18.0 Å². The van der Waals surface area contributed by atoms with E-state index in [-0.39, 0.29) is 27.9 Å². The van der Waals surface area contributed by atoms with Crippen LogP contribution in [0, 0.1) is 5.92 Å². The van der Waals surface area contributed by atoms with Gasteiger partial charge < -0.3 is 5.32 Å². The summed E-state index contributed by atoms with van der Waals surface area (Å²) in [6.07, 6.45) is 0. The lowest BCUT2D eigenvalue weighted by Crippen LogP contribution is -2.40. The summed E-state index contributed by atoms with van der Waals surface area (Å²) in [4.78, 5) is 24.4. The number of anilines is 1. The molecule has 1 atom stereocenters. The summed E-state index contributed by atoms with van der Waals surface area (Å²) in [7, 11) is -3.77. The van der Waals surface area contributed by atoms with Crippen LogP contribution in [-0.2, 0) is 14.8 Å². The molecule has 1 heterocycles. The smallest absolute Gasteiger partial charge is 0.251 e. The molecule has 0 radical (unpaired) electrons. The van der Waals surface area contributed by atoms with Crippen LogP contribution in [0.5, 0.6) is 0 Å². The van der Waals surface area contributed by atoms with Gasteiger partial charge in [-0.15, -0.1) is 0 Å². The van der Waals surface area contributed by atoms with Gasteiger partial charge in [0.2, 0.25) is 15.9 Å². The van der Waals surface area contributed by atoms with Gasteiger partial charge in [-0.05, 0) is 39.0 Å². The van der Waals surface area contributed by atoms with Crippen LogP contribution < -0.4 is 9.62 Å². The van der Waals surface area contributed by atoms with Crippen LogP contribution in [-0.4, -0.2) is 31.5 Å². The molecule has 0 bridgehead atoms. The van der Waals surface area contributed by atoms with E-state index in [1.165, 1.54) is 18.2 Å². The number of carbonyl (C=O) groups excluding carboxylic acids is 2. The fourth-order valence-electron chi connectivity index (χ4n) is 2.29. The summed E-state index contributed by atoms with van der Waals surface area (Å²) in [6, 6.07) is 4.24. The number of amides is 2. The summed E-state index contributed by atoms with van der Waals surface area (Å²) >= 11 is 6.06. The highest BCUT2D eigenvalue weighted by Crippen LogP contribution is 2.34. The van der Waals surface area contributed by atoms with Crippen molar-refractivity contribution in [2.24, 2.45) is 5.92 Å². The van der Waals surface area contributed by atoms with Crippen molar-refractivity contribution in [1.82, 2.24) is 5.32 Å². The monoisotopic (exact) mass is 358 g/mol. The van der Waals surface area contributed by atoms with Gasteiger partial charge in [-0.25, -0.2) is 12.7 Å². The molecule has 0 aromatic heterocycles. The van der Waals surface area contributed by atoms with Gasteiger partial charge >= 0.3 is 0 Å². The Hall–Kier alpha value is -1.60. The van der Waals surface area contributed by atoms with Crippen molar-refractivity contribution in [3.05, 3.63) is 28.8 Å². The number of hydrogen-bond acceptors (Lipinski definition) is 4. The molecule has 0 aliphatic carbocycles. The van der Waals surface area contributed by atoms with Crippen LogP contribution in [0.25, 0.3) is 0 Å².